The minimum Gasteiger partial charge on any atom is -0.339 e. The van der Waals surface area contributed by atoms with Crippen LogP contribution < -0.4 is 10.6 Å². The molecule has 0 saturated heterocycles. The largest absolute Gasteiger partial charge is 0.406 e. The molecule has 3 aromatic rings. The molecular formula is C28H32ClF4N5O3. The van der Waals surface area contributed by atoms with Crippen molar-refractivity contribution in [1.29, 1.82) is 0 Å². The highest BCUT2D eigenvalue weighted by atomic mass is 35.5. The highest BCUT2D eigenvalue weighted by molar-refractivity contribution is 6.30. The fraction of sp³-hybridized carbons (Fsp3) is 0.357. The van der Waals surface area contributed by atoms with Crippen molar-refractivity contribution in [3.05, 3.63) is 82.4 Å². The summed E-state index contributed by atoms with van der Waals surface area (Å²) in [6.07, 6.45) is -3.50. The summed E-state index contributed by atoms with van der Waals surface area (Å²) >= 11 is 5.94. The quantitative estimate of drug-likeness (QED) is 0.312. The van der Waals surface area contributed by atoms with Crippen LogP contribution in [0.25, 0.3) is 0 Å². The fourth-order valence-corrected chi connectivity index (χ4v) is 3.86. The fourth-order valence-electron chi connectivity index (χ4n) is 3.73. The Labute approximate surface area is 240 Å². The molecule has 1 heterocycles. The molecule has 0 bridgehead atoms. The molecule has 8 nitrogen and oxygen atoms in total. The van der Waals surface area contributed by atoms with Crippen molar-refractivity contribution in [2.45, 2.75) is 52.4 Å². The maximum absolute atomic E-state index is 14.8. The zero-order valence-electron chi connectivity index (χ0n) is 23.1. The number of aromatic nitrogens is 2. The Morgan fingerprint density at radius 1 is 1.05 bits per heavy atom. The van der Waals surface area contributed by atoms with Crippen molar-refractivity contribution in [3.8, 4) is 0 Å². The Hall–Kier alpha value is -3.93. The second-order valence-corrected chi connectivity index (χ2v) is 9.17. The normalized spacial score (nSPS) is 11.6. The number of anilines is 1. The first-order chi connectivity index (χ1) is 19.4. The number of nitrogens with zero attached hydrogens (tertiary/aromatic N) is 3. The van der Waals surface area contributed by atoms with E-state index in [1.54, 1.807) is 31.2 Å². The van der Waals surface area contributed by atoms with Crippen molar-refractivity contribution in [1.82, 2.24) is 20.0 Å². The van der Waals surface area contributed by atoms with E-state index in [4.69, 9.17) is 11.6 Å². The van der Waals surface area contributed by atoms with Gasteiger partial charge < -0.3 is 15.5 Å². The lowest BCUT2D eigenvalue weighted by Crippen LogP contribution is -2.45. The smallest absolute Gasteiger partial charge is 0.339 e. The molecule has 13 heteroatoms. The average molecular weight is 598 g/mol. The molecule has 3 rings (SSSR count). The molecule has 1 atom stereocenters. The monoisotopic (exact) mass is 597 g/mol. The van der Waals surface area contributed by atoms with Crippen LogP contribution in [0, 0.1) is 5.82 Å². The number of halogens is 5. The first-order valence-electron chi connectivity index (χ1n) is 12.8. The summed E-state index contributed by atoms with van der Waals surface area (Å²) in [6.45, 7) is 4.80. The summed E-state index contributed by atoms with van der Waals surface area (Å²) in [5.41, 5.74) is 0.820. The van der Waals surface area contributed by atoms with Gasteiger partial charge in [0.05, 0.1) is 12.1 Å². The van der Waals surface area contributed by atoms with E-state index in [-0.39, 0.29) is 23.4 Å². The molecule has 1 aromatic heterocycles. The molecule has 222 valence electrons. The number of aryl methyl sites for hydroxylation is 1. The number of likely N-dealkylation sites (N-methyl/N-ethyl adjacent to an activating group) is 1. The van der Waals surface area contributed by atoms with Gasteiger partial charge in [0.25, 0.3) is 5.91 Å². The van der Waals surface area contributed by atoms with Gasteiger partial charge in [-0.15, -0.1) is 0 Å². The minimum absolute atomic E-state index is 0.0642. The predicted molar refractivity (Wildman–Crippen MR) is 148 cm³/mol. The Balaban J connectivity index is 0.00000287. The number of hydrogen-bond acceptors (Lipinski definition) is 4. The number of alkyl halides is 3. The molecule has 0 aliphatic carbocycles. The number of benzene rings is 2. The zero-order chi connectivity index (χ0) is 30.7. The highest BCUT2D eigenvalue weighted by Crippen LogP contribution is 2.20. The number of rotatable bonds is 10. The van der Waals surface area contributed by atoms with Gasteiger partial charge in [-0.25, -0.2) is 4.39 Å². The van der Waals surface area contributed by atoms with E-state index in [1.165, 1.54) is 29.1 Å². The Bertz CT molecular complexity index is 1330. The van der Waals surface area contributed by atoms with E-state index >= 15 is 0 Å². The third kappa shape index (κ3) is 10.2. The summed E-state index contributed by atoms with van der Waals surface area (Å²) in [7, 11) is 1.00. The average Bonchev–Trinajstić information content (AvgIpc) is 3.40. The van der Waals surface area contributed by atoms with Crippen LogP contribution in [-0.2, 0) is 29.0 Å². The van der Waals surface area contributed by atoms with Crippen molar-refractivity contribution >= 4 is 35.0 Å². The molecule has 0 unspecified atom stereocenters. The van der Waals surface area contributed by atoms with Crippen molar-refractivity contribution < 1.29 is 31.9 Å². The van der Waals surface area contributed by atoms with Crippen LogP contribution in [0.2, 0.25) is 5.02 Å². The van der Waals surface area contributed by atoms with Crippen molar-refractivity contribution in [2.75, 3.05) is 18.9 Å². The van der Waals surface area contributed by atoms with Crippen LogP contribution in [0.4, 0.5) is 23.2 Å². The maximum Gasteiger partial charge on any atom is 0.406 e. The Kier molecular flexibility index (Phi) is 12.3. The number of carbonyl (C=O) groups excluding carboxylic acids is 3. The lowest BCUT2D eigenvalue weighted by Gasteiger charge is -2.20. The summed E-state index contributed by atoms with van der Waals surface area (Å²) in [5.74, 6) is -3.01. The Morgan fingerprint density at radius 3 is 2.27 bits per heavy atom. The van der Waals surface area contributed by atoms with E-state index in [0.717, 1.165) is 13.1 Å². The summed E-state index contributed by atoms with van der Waals surface area (Å²) in [4.78, 5) is 38.6. The number of amides is 3. The third-order valence-electron chi connectivity index (χ3n) is 5.71. The molecule has 3 amide bonds. The standard InChI is InChI=1S/C26H26ClF4N5O3.C2H6/c1-3-36-22(10-11-32-36)25(39)34-21(13-16-4-7-18(27)8-5-16)24(38)33-20-9-6-17(12-19(20)28)14-23(37)35(2)15-26(29,30)31;1-2/h4-12,21H,3,13-15H2,1-2H3,(H,33,38)(H,34,39);1-2H3/t21-;/m0./s1. The topological polar surface area (TPSA) is 96.3 Å². The molecule has 0 aliphatic heterocycles. The van der Waals surface area contributed by atoms with Gasteiger partial charge in [0, 0.05) is 31.2 Å². The van der Waals surface area contributed by atoms with E-state index in [0.29, 0.717) is 22.0 Å². The van der Waals surface area contributed by atoms with Gasteiger partial charge in [-0.2, -0.15) is 18.3 Å². The van der Waals surface area contributed by atoms with Crippen LogP contribution >= 0.6 is 11.6 Å². The molecule has 0 spiro atoms. The van der Waals surface area contributed by atoms with Crippen LogP contribution in [0.5, 0.6) is 0 Å². The van der Waals surface area contributed by atoms with Gasteiger partial charge in [-0.05, 0) is 48.4 Å². The number of hydrogen-bond donors (Lipinski definition) is 2. The lowest BCUT2D eigenvalue weighted by atomic mass is 10.0. The first-order valence-corrected chi connectivity index (χ1v) is 13.2. The number of carbonyl (C=O) groups is 3. The molecule has 0 fully saturated rings. The Morgan fingerprint density at radius 2 is 1.68 bits per heavy atom. The van der Waals surface area contributed by atoms with Gasteiger partial charge in [0.2, 0.25) is 11.8 Å². The van der Waals surface area contributed by atoms with E-state index in [9.17, 15) is 31.9 Å². The lowest BCUT2D eigenvalue weighted by molar-refractivity contribution is -0.157. The molecule has 0 radical (unpaired) electrons. The summed E-state index contributed by atoms with van der Waals surface area (Å²) in [5, 5.41) is 9.62. The molecule has 0 saturated carbocycles. The summed E-state index contributed by atoms with van der Waals surface area (Å²) < 4.78 is 53.9. The second kappa shape index (κ2) is 15.2. The molecule has 41 heavy (non-hydrogen) atoms. The predicted octanol–water partition coefficient (Wildman–Crippen LogP) is 5.26. The third-order valence-corrected chi connectivity index (χ3v) is 5.96. The second-order valence-electron chi connectivity index (χ2n) is 8.73. The van der Waals surface area contributed by atoms with Crippen molar-refractivity contribution in [3.63, 3.8) is 0 Å². The highest BCUT2D eigenvalue weighted by Gasteiger charge is 2.31. The van der Waals surface area contributed by atoms with E-state index in [1.807, 2.05) is 13.8 Å². The first kappa shape index (κ1) is 33.3. The van der Waals surface area contributed by atoms with Crippen molar-refractivity contribution in [2.24, 2.45) is 0 Å². The number of nitrogens with one attached hydrogen (secondary N) is 2. The SMILES string of the molecule is CC.CCn1nccc1C(=O)N[C@@H](Cc1ccc(Cl)cc1)C(=O)Nc1ccc(CC(=O)N(C)CC(F)(F)F)cc1F. The van der Waals surface area contributed by atoms with Gasteiger partial charge in [-0.1, -0.05) is 43.6 Å². The van der Waals surface area contributed by atoms with Crippen LogP contribution in [-0.4, -0.2) is 58.2 Å². The minimum atomic E-state index is -4.56. The van der Waals surface area contributed by atoms with Crippen LogP contribution in [0.3, 0.4) is 0 Å². The maximum atomic E-state index is 14.8. The van der Waals surface area contributed by atoms with Gasteiger partial charge in [0.15, 0.2) is 0 Å². The zero-order valence-corrected chi connectivity index (χ0v) is 23.8. The summed E-state index contributed by atoms with van der Waals surface area (Å²) in [6, 6.07) is 10.5. The van der Waals surface area contributed by atoms with E-state index < -0.39 is 48.7 Å². The van der Waals surface area contributed by atoms with Gasteiger partial charge >= 0.3 is 6.18 Å². The van der Waals surface area contributed by atoms with E-state index in [2.05, 4.69) is 15.7 Å². The van der Waals surface area contributed by atoms with Gasteiger partial charge in [-0.3, -0.25) is 19.1 Å². The molecule has 2 N–H and O–H groups in total. The van der Waals surface area contributed by atoms with Crippen LogP contribution in [0.1, 0.15) is 42.4 Å². The molecule has 0 aliphatic rings. The van der Waals surface area contributed by atoms with Crippen LogP contribution in [0.15, 0.2) is 54.7 Å². The molecule has 2 aromatic carbocycles. The molecular weight excluding hydrogens is 566 g/mol. The van der Waals surface area contributed by atoms with Gasteiger partial charge in [0.1, 0.15) is 24.1 Å².